The van der Waals surface area contributed by atoms with Gasteiger partial charge in [-0.15, -0.1) is 0 Å². The van der Waals surface area contributed by atoms with Gasteiger partial charge in [0.2, 0.25) is 5.89 Å². The number of carboxylic acids is 1. The summed E-state index contributed by atoms with van der Waals surface area (Å²) in [6.45, 7) is 0. The van der Waals surface area contributed by atoms with E-state index in [1.165, 1.54) is 25.0 Å². The van der Waals surface area contributed by atoms with E-state index in [0.717, 1.165) is 6.42 Å². The lowest BCUT2D eigenvalue weighted by Crippen LogP contribution is -2.13. The van der Waals surface area contributed by atoms with Gasteiger partial charge in [0.25, 0.3) is 0 Å². The van der Waals surface area contributed by atoms with Crippen LogP contribution in [0.5, 0.6) is 0 Å². The van der Waals surface area contributed by atoms with Crippen LogP contribution in [-0.4, -0.2) is 32.2 Å². The Morgan fingerprint density at radius 1 is 1.53 bits per heavy atom. The zero-order valence-corrected chi connectivity index (χ0v) is 10.4. The van der Waals surface area contributed by atoms with Crippen molar-refractivity contribution in [3.63, 3.8) is 0 Å². The number of rotatable bonds is 5. The molecule has 1 unspecified atom stereocenters. The van der Waals surface area contributed by atoms with Crippen LogP contribution in [0.2, 0.25) is 0 Å². The topological polar surface area (TPSA) is 76.2 Å². The first kappa shape index (κ1) is 12.4. The Morgan fingerprint density at radius 2 is 2.41 bits per heavy atom. The van der Waals surface area contributed by atoms with Crippen molar-refractivity contribution >= 4 is 17.7 Å². The molecule has 1 saturated heterocycles. The molecule has 6 heteroatoms. The van der Waals surface area contributed by atoms with E-state index in [1.54, 1.807) is 0 Å². The summed E-state index contributed by atoms with van der Waals surface area (Å²) >= 11 is 1.97. The van der Waals surface area contributed by atoms with E-state index >= 15 is 0 Å². The molecule has 5 nitrogen and oxygen atoms in total. The van der Waals surface area contributed by atoms with Crippen molar-refractivity contribution < 1.29 is 14.4 Å². The van der Waals surface area contributed by atoms with Gasteiger partial charge in [-0.05, 0) is 18.6 Å². The molecule has 0 bridgehead atoms. The van der Waals surface area contributed by atoms with Gasteiger partial charge in [-0.25, -0.2) is 0 Å². The van der Waals surface area contributed by atoms with E-state index in [-0.39, 0.29) is 6.42 Å². The first-order chi connectivity index (χ1) is 8.24. The van der Waals surface area contributed by atoms with Crippen LogP contribution in [0.4, 0.5) is 0 Å². The maximum atomic E-state index is 10.4. The molecule has 0 saturated carbocycles. The SMILES string of the molecule is O=C(O)CCc1nc(CC2CCCCS2)no1. The monoisotopic (exact) mass is 256 g/mol. The van der Waals surface area contributed by atoms with Gasteiger partial charge >= 0.3 is 5.97 Å². The van der Waals surface area contributed by atoms with Crippen molar-refractivity contribution in [3.05, 3.63) is 11.7 Å². The van der Waals surface area contributed by atoms with Crippen LogP contribution in [0, 0.1) is 0 Å². The fourth-order valence-corrected chi connectivity index (χ4v) is 3.16. The predicted molar refractivity (Wildman–Crippen MR) is 64.1 cm³/mol. The summed E-state index contributed by atoms with van der Waals surface area (Å²) in [4.78, 5) is 14.6. The second-order valence-electron chi connectivity index (χ2n) is 4.19. The predicted octanol–water partition coefficient (Wildman–Crippen LogP) is 1.92. The number of aromatic nitrogens is 2. The minimum absolute atomic E-state index is 0.0415. The Bertz CT molecular complexity index is 375. The molecule has 0 aliphatic carbocycles. The lowest BCUT2D eigenvalue weighted by molar-refractivity contribution is -0.137. The summed E-state index contributed by atoms with van der Waals surface area (Å²) in [5, 5.41) is 13.0. The maximum Gasteiger partial charge on any atom is 0.303 e. The first-order valence-electron chi connectivity index (χ1n) is 5.89. The quantitative estimate of drug-likeness (QED) is 0.867. The molecular weight excluding hydrogens is 240 g/mol. The molecule has 1 aromatic rings. The highest BCUT2D eigenvalue weighted by Crippen LogP contribution is 2.27. The fraction of sp³-hybridized carbons (Fsp3) is 0.727. The zero-order chi connectivity index (χ0) is 12.1. The number of nitrogens with zero attached hydrogens (tertiary/aromatic N) is 2. The minimum Gasteiger partial charge on any atom is -0.481 e. The van der Waals surface area contributed by atoms with Crippen LogP contribution in [0.15, 0.2) is 4.52 Å². The van der Waals surface area contributed by atoms with Gasteiger partial charge in [0.15, 0.2) is 5.82 Å². The van der Waals surface area contributed by atoms with E-state index < -0.39 is 5.97 Å². The van der Waals surface area contributed by atoms with Crippen LogP contribution in [0.3, 0.4) is 0 Å². The van der Waals surface area contributed by atoms with E-state index in [2.05, 4.69) is 10.1 Å². The smallest absolute Gasteiger partial charge is 0.303 e. The van der Waals surface area contributed by atoms with Crippen LogP contribution in [0.25, 0.3) is 0 Å². The summed E-state index contributed by atoms with van der Waals surface area (Å²) in [5.74, 6) is 1.52. The number of thioether (sulfide) groups is 1. The number of aryl methyl sites for hydroxylation is 1. The highest BCUT2D eigenvalue weighted by Gasteiger charge is 2.17. The molecule has 1 aliphatic rings. The number of hydrogen-bond acceptors (Lipinski definition) is 5. The van der Waals surface area contributed by atoms with Crippen molar-refractivity contribution in [1.82, 2.24) is 10.1 Å². The average molecular weight is 256 g/mol. The second-order valence-corrected chi connectivity index (χ2v) is 5.60. The maximum absolute atomic E-state index is 10.4. The first-order valence-corrected chi connectivity index (χ1v) is 6.94. The summed E-state index contributed by atoms with van der Waals surface area (Å²) in [7, 11) is 0. The molecule has 2 rings (SSSR count). The Labute approximate surface area is 104 Å². The molecule has 1 N–H and O–H groups in total. The summed E-state index contributed by atoms with van der Waals surface area (Å²) in [6.07, 6.45) is 4.99. The molecule has 1 fully saturated rings. The molecule has 94 valence electrons. The Kier molecular flexibility index (Phi) is 4.42. The van der Waals surface area contributed by atoms with E-state index in [4.69, 9.17) is 9.63 Å². The molecule has 0 spiro atoms. The number of carbonyl (C=O) groups is 1. The van der Waals surface area contributed by atoms with E-state index in [9.17, 15) is 4.79 Å². The van der Waals surface area contributed by atoms with Crippen molar-refractivity contribution in [1.29, 1.82) is 0 Å². The summed E-state index contributed by atoms with van der Waals surface area (Å²) < 4.78 is 5.02. The van der Waals surface area contributed by atoms with Gasteiger partial charge in [0, 0.05) is 18.1 Å². The second kappa shape index (κ2) is 6.05. The molecule has 2 heterocycles. The lowest BCUT2D eigenvalue weighted by atomic mass is 10.1. The van der Waals surface area contributed by atoms with Gasteiger partial charge in [0.05, 0.1) is 6.42 Å². The Hall–Kier alpha value is -1.04. The van der Waals surface area contributed by atoms with Crippen molar-refractivity contribution in [3.8, 4) is 0 Å². The van der Waals surface area contributed by atoms with E-state index in [1.807, 2.05) is 11.8 Å². The standard InChI is InChI=1S/C11H16N2O3S/c14-11(15)5-4-10-12-9(13-16-10)7-8-3-1-2-6-17-8/h8H,1-7H2,(H,14,15). The third kappa shape index (κ3) is 4.03. The van der Waals surface area contributed by atoms with Crippen molar-refractivity contribution in [2.45, 2.75) is 43.8 Å². The third-order valence-electron chi connectivity index (χ3n) is 2.75. The van der Waals surface area contributed by atoms with Crippen molar-refractivity contribution in [2.75, 3.05) is 5.75 Å². The minimum atomic E-state index is -0.840. The summed E-state index contributed by atoms with van der Waals surface area (Å²) in [6, 6.07) is 0. The normalized spacial score (nSPS) is 20.4. The van der Waals surface area contributed by atoms with Gasteiger partial charge in [0.1, 0.15) is 0 Å². The number of aliphatic carboxylic acids is 1. The number of carboxylic acid groups (broad SMARTS) is 1. The molecule has 0 radical (unpaired) electrons. The lowest BCUT2D eigenvalue weighted by Gasteiger charge is -2.19. The van der Waals surface area contributed by atoms with Gasteiger partial charge in [-0.2, -0.15) is 16.7 Å². The molecule has 17 heavy (non-hydrogen) atoms. The zero-order valence-electron chi connectivity index (χ0n) is 9.59. The third-order valence-corrected chi connectivity index (χ3v) is 4.15. The highest BCUT2D eigenvalue weighted by molar-refractivity contribution is 7.99. The molecule has 0 aromatic carbocycles. The van der Waals surface area contributed by atoms with Crippen LogP contribution < -0.4 is 0 Å². The molecule has 1 aliphatic heterocycles. The largest absolute Gasteiger partial charge is 0.481 e. The highest BCUT2D eigenvalue weighted by atomic mass is 32.2. The van der Waals surface area contributed by atoms with Crippen LogP contribution in [0.1, 0.15) is 37.4 Å². The summed E-state index contributed by atoms with van der Waals surface area (Å²) in [5.41, 5.74) is 0. The van der Waals surface area contributed by atoms with Gasteiger partial charge in [-0.1, -0.05) is 11.6 Å². The fourth-order valence-electron chi connectivity index (χ4n) is 1.86. The Morgan fingerprint density at radius 3 is 3.12 bits per heavy atom. The molecule has 0 amide bonds. The van der Waals surface area contributed by atoms with Crippen LogP contribution >= 0.6 is 11.8 Å². The molecular formula is C11H16N2O3S. The molecule has 1 aromatic heterocycles. The Balaban J connectivity index is 1.82. The van der Waals surface area contributed by atoms with E-state index in [0.29, 0.717) is 23.4 Å². The van der Waals surface area contributed by atoms with Gasteiger partial charge < -0.3 is 9.63 Å². The average Bonchev–Trinajstić information content (AvgIpc) is 2.75. The van der Waals surface area contributed by atoms with Crippen LogP contribution in [-0.2, 0) is 17.6 Å². The number of hydrogen-bond donors (Lipinski definition) is 1. The molecule has 1 atom stereocenters. The van der Waals surface area contributed by atoms with Gasteiger partial charge in [-0.3, -0.25) is 4.79 Å². The van der Waals surface area contributed by atoms with Crippen molar-refractivity contribution in [2.24, 2.45) is 0 Å².